The van der Waals surface area contributed by atoms with Gasteiger partial charge in [0, 0.05) is 24.8 Å². The zero-order valence-electron chi connectivity index (χ0n) is 11.1. The molecule has 1 rings (SSSR count). The molecule has 1 aromatic carbocycles. The van der Waals surface area contributed by atoms with Crippen molar-refractivity contribution in [2.24, 2.45) is 10.9 Å². The predicted molar refractivity (Wildman–Crippen MR) is 71.7 cm³/mol. The Balaban J connectivity index is 2.69. The van der Waals surface area contributed by atoms with E-state index in [4.69, 9.17) is 15.7 Å². The van der Waals surface area contributed by atoms with Gasteiger partial charge in [0.2, 0.25) is 0 Å². The average molecular weight is 251 g/mol. The van der Waals surface area contributed by atoms with E-state index in [1.54, 1.807) is 13.2 Å². The molecular weight excluding hydrogens is 230 g/mol. The zero-order valence-corrected chi connectivity index (χ0v) is 11.1. The van der Waals surface area contributed by atoms with Gasteiger partial charge < -0.3 is 21.0 Å². The Hall–Kier alpha value is -1.59. The minimum Gasteiger partial charge on any atom is -0.409 e. The molecule has 0 atom stereocenters. The lowest BCUT2D eigenvalue weighted by Crippen LogP contribution is -2.42. The van der Waals surface area contributed by atoms with Crippen molar-refractivity contribution in [3.8, 4) is 0 Å². The normalized spacial score (nSPS) is 12.7. The van der Waals surface area contributed by atoms with Crippen molar-refractivity contribution in [2.75, 3.05) is 13.7 Å². The second kappa shape index (κ2) is 6.37. The zero-order chi connectivity index (χ0) is 13.6. The number of nitrogens with zero attached hydrogens (tertiary/aromatic N) is 1. The molecule has 0 unspecified atom stereocenters. The number of amidine groups is 1. The molecule has 100 valence electrons. The number of nitrogens with one attached hydrogen (secondary N) is 1. The molecule has 0 fully saturated rings. The van der Waals surface area contributed by atoms with Crippen LogP contribution in [0.4, 0.5) is 0 Å². The molecule has 18 heavy (non-hydrogen) atoms. The first-order chi connectivity index (χ1) is 8.48. The highest BCUT2D eigenvalue weighted by molar-refractivity contribution is 5.97. The van der Waals surface area contributed by atoms with Crippen LogP contribution in [0.25, 0.3) is 0 Å². The summed E-state index contributed by atoms with van der Waals surface area (Å²) in [7, 11) is 1.68. The van der Waals surface area contributed by atoms with Crippen molar-refractivity contribution in [3.05, 3.63) is 35.4 Å². The van der Waals surface area contributed by atoms with E-state index < -0.39 is 0 Å². The molecule has 5 heteroatoms. The van der Waals surface area contributed by atoms with Gasteiger partial charge in [-0.15, -0.1) is 0 Å². The van der Waals surface area contributed by atoms with Gasteiger partial charge in [-0.05, 0) is 25.5 Å². The maximum absolute atomic E-state index is 8.64. The summed E-state index contributed by atoms with van der Waals surface area (Å²) in [4.78, 5) is 0. The molecule has 0 spiro atoms. The largest absolute Gasteiger partial charge is 0.409 e. The van der Waals surface area contributed by atoms with E-state index in [1.165, 1.54) is 0 Å². The van der Waals surface area contributed by atoms with Gasteiger partial charge in [-0.1, -0.05) is 23.4 Å². The topological polar surface area (TPSA) is 79.9 Å². The Morgan fingerprint density at radius 1 is 1.50 bits per heavy atom. The van der Waals surface area contributed by atoms with Gasteiger partial charge in [-0.25, -0.2) is 0 Å². The van der Waals surface area contributed by atoms with E-state index in [2.05, 4.69) is 24.3 Å². The van der Waals surface area contributed by atoms with Gasteiger partial charge in [-0.2, -0.15) is 0 Å². The highest BCUT2D eigenvalue weighted by Crippen LogP contribution is 2.08. The number of hydrogen-bond donors (Lipinski definition) is 3. The molecule has 0 aliphatic carbocycles. The number of oxime groups is 1. The Kier molecular flexibility index (Phi) is 5.12. The summed E-state index contributed by atoms with van der Waals surface area (Å²) >= 11 is 0. The fourth-order valence-corrected chi connectivity index (χ4v) is 1.65. The van der Waals surface area contributed by atoms with Crippen LogP contribution < -0.4 is 11.1 Å². The fraction of sp³-hybridized carbons (Fsp3) is 0.462. The van der Waals surface area contributed by atoms with Gasteiger partial charge in [0.1, 0.15) is 0 Å². The quantitative estimate of drug-likeness (QED) is 0.308. The Morgan fingerprint density at radius 2 is 2.22 bits per heavy atom. The smallest absolute Gasteiger partial charge is 0.170 e. The molecule has 1 aromatic rings. The van der Waals surface area contributed by atoms with Crippen LogP contribution in [0.2, 0.25) is 0 Å². The molecule has 0 radical (unpaired) electrons. The summed E-state index contributed by atoms with van der Waals surface area (Å²) in [5.41, 5.74) is 7.24. The average Bonchev–Trinajstić information content (AvgIpc) is 2.36. The van der Waals surface area contributed by atoms with Gasteiger partial charge in [0.25, 0.3) is 0 Å². The Morgan fingerprint density at radius 3 is 2.83 bits per heavy atom. The van der Waals surface area contributed by atoms with Crippen LogP contribution in [-0.2, 0) is 11.3 Å². The maximum Gasteiger partial charge on any atom is 0.170 e. The lowest BCUT2D eigenvalue weighted by atomic mass is 10.1. The van der Waals surface area contributed by atoms with Gasteiger partial charge >= 0.3 is 0 Å². The van der Waals surface area contributed by atoms with Gasteiger partial charge in [-0.3, -0.25) is 0 Å². The van der Waals surface area contributed by atoms with Crippen LogP contribution in [0.3, 0.4) is 0 Å². The summed E-state index contributed by atoms with van der Waals surface area (Å²) in [6.45, 7) is 5.48. The monoisotopic (exact) mass is 251 g/mol. The maximum atomic E-state index is 8.64. The number of rotatable bonds is 6. The van der Waals surface area contributed by atoms with E-state index in [-0.39, 0.29) is 11.4 Å². The number of methoxy groups -OCH3 is 1. The van der Waals surface area contributed by atoms with Crippen molar-refractivity contribution < 1.29 is 9.94 Å². The third-order valence-electron chi connectivity index (χ3n) is 2.61. The third kappa shape index (κ3) is 4.35. The molecule has 0 aliphatic heterocycles. The SMILES string of the molecule is COCC(C)(C)NCc1cccc(/C(N)=N/O)c1. The van der Waals surface area contributed by atoms with E-state index in [9.17, 15) is 0 Å². The molecular formula is C13H21N3O2. The molecule has 0 amide bonds. The molecule has 0 bridgehead atoms. The van der Waals surface area contributed by atoms with E-state index in [0.29, 0.717) is 18.7 Å². The molecule has 0 saturated carbocycles. The Labute approximate surface area is 108 Å². The fourth-order valence-electron chi connectivity index (χ4n) is 1.65. The summed E-state index contributed by atoms with van der Waals surface area (Å²) in [6, 6.07) is 7.57. The van der Waals surface area contributed by atoms with Crippen molar-refractivity contribution in [1.82, 2.24) is 5.32 Å². The molecule has 0 aromatic heterocycles. The number of ether oxygens (including phenoxy) is 1. The second-order valence-corrected chi connectivity index (χ2v) is 4.86. The van der Waals surface area contributed by atoms with Crippen LogP contribution in [-0.4, -0.2) is 30.3 Å². The van der Waals surface area contributed by atoms with E-state index in [1.807, 2.05) is 18.2 Å². The molecule has 0 saturated heterocycles. The number of hydrogen-bond acceptors (Lipinski definition) is 4. The van der Waals surface area contributed by atoms with Crippen LogP contribution in [0, 0.1) is 0 Å². The molecule has 5 nitrogen and oxygen atoms in total. The van der Waals surface area contributed by atoms with Crippen LogP contribution >= 0.6 is 0 Å². The van der Waals surface area contributed by atoms with Crippen LogP contribution in [0.15, 0.2) is 29.4 Å². The molecule has 0 aliphatic rings. The molecule has 4 N–H and O–H groups in total. The molecule has 0 heterocycles. The minimum absolute atomic E-state index is 0.0959. The van der Waals surface area contributed by atoms with E-state index >= 15 is 0 Å². The lowest BCUT2D eigenvalue weighted by Gasteiger charge is -2.25. The highest BCUT2D eigenvalue weighted by Gasteiger charge is 2.16. The van der Waals surface area contributed by atoms with E-state index in [0.717, 1.165) is 5.56 Å². The summed E-state index contributed by atoms with van der Waals surface area (Å²) < 4.78 is 5.14. The number of nitrogens with two attached hydrogens (primary N) is 1. The Bertz CT molecular complexity index is 416. The van der Waals surface area contributed by atoms with Crippen LogP contribution in [0.1, 0.15) is 25.0 Å². The summed E-state index contributed by atoms with van der Waals surface area (Å²) in [6.07, 6.45) is 0. The van der Waals surface area contributed by atoms with Crippen molar-refractivity contribution in [3.63, 3.8) is 0 Å². The standard InChI is InChI=1S/C13H21N3O2/c1-13(2,9-18-3)15-8-10-5-4-6-11(7-10)12(14)16-17/h4-7,15,17H,8-9H2,1-3H3,(H2,14,16). The van der Waals surface area contributed by atoms with Crippen molar-refractivity contribution >= 4 is 5.84 Å². The predicted octanol–water partition coefficient (Wildman–Crippen LogP) is 1.30. The van der Waals surface area contributed by atoms with Crippen molar-refractivity contribution in [1.29, 1.82) is 0 Å². The first kappa shape index (κ1) is 14.5. The van der Waals surface area contributed by atoms with Crippen molar-refractivity contribution in [2.45, 2.75) is 25.9 Å². The van der Waals surface area contributed by atoms with Gasteiger partial charge in [0.15, 0.2) is 5.84 Å². The summed E-state index contributed by atoms with van der Waals surface area (Å²) in [5.74, 6) is 0.119. The lowest BCUT2D eigenvalue weighted by molar-refractivity contribution is 0.128. The minimum atomic E-state index is -0.0959. The third-order valence-corrected chi connectivity index (χ3v) is 2.61. The van der Waals surface area contributed by atoms with Gasteiger partial charge in [0.05, 0.1) is 6.61 Å². The summed E-state index contributed by atoms with van der Waals surface area (Å²) in [5, 5.41) is 15.0. The highest BCUT2D eigenvalue weighted by atomic mass is 16.5. The number of benzene rings is 1. The first-order valence-electron chi connectivity index (χ1n) is 5.79. The van der Waals surface area contributed by atoms with Crippen LogP contribution in [0.5, 0.6) is 0 Å². The first-order valence-corrected chi connectivity index (χ1v) is 5.79. The second-order valence-electron chi connectivity index (χ2n) is 4.86.